The molecule has 0 unspecified atom stereocenters. The molecule has 1 aliphatic heterocycles. The number of benzene rings is 1. The summed E-state index contributed by atoms with van der Waals surface area (Å²) in [5.74, 6) is 0.680. The first-order valence-electron chi connectivity index (χ1n) is 6.82. The monoisotopic (exact) mass is 263 g/mol. The molecule has 1 saturated heterocycles. The summed E-state index contributed by atoms with van der Waals surface area (Å²) in [5.41, 5.74) is -0.0711. The van der Waals surface area contributed by atoms with Gasteiger partial charge in [-0.15, -0.1) is 0 Å². The number of likely N-dealkylation sites (tertiary alicyclic amines) is 1. The topological polar surface area (TPSA) is 49.8 Å². The summed E-state index contributed by atoms with van der Waals surface area (Å²) in [6.07, 6.45) is 1.62. The lowest BCUT2D eigenvalue weighted by molar-refractivity contribution is -0.0826. The normalized spacial score (nSPS) is 16.9. The molecular formula is C15H21NO3. The molecule has 0 spiro atoms. The number of carbonyl (C=O) groups excluding carboxylic acids is 1. The van der Waals surface area contributed by atoms with Gasteiger partial charge in [-0.25, -0.2) is 0 Å². The maximum atomic E-state index is 12.2. The van der Waals surface area contributed by atoms with Crippen LogP contribution in [0.3, 0.4) is 0 Å². The van der Waals surface area contributed by atoms with Gasteiger partial charge in [-0.1, -0.05) is 19.9 Å². The van der Waals surface area contributed by atoms with Crippen molar-refractivity contribution in [3.05, 3.63) is 29.8 Å². The van der Waals surface area contributed by atoms with E-state index in [9.17, 15) is 9.90 Å². The van der Waals surface area contributed by atoms with Crippen LogP contribution in [-0.2, 0) is 0 Å². The molecule has 104 valence electrons. The fraction of sp³-hybridized carbons (Fsp3) is 0.533. The third-order valence-corrected chi connectivity index (χ3v) is 3.47. The van der Waals surface area contributed by atoms with Crippen molar-refractivity contribution in [3.63, 3.8) is 0 Å². The van der Waals surface area contributed by atoms with Crippen LogP contribution in [0.15, 0.2) is 24.3 Å². The van der Waals surface area contributed by atoms with E-state index in [1.54, 1.807) is 17.0 Å². The number of amides is 1. The first kappa shape index (κ1) is 13.9. The minimum Gasteiger partial charge on any atom is -0.494 e. The Morgan fingerprint density at radius 2 is 2.16 bits per heavy atom. The Bertz CT molecular complexity index is 452. The van der Waals surface area contributed by atoms with Gasteiger partial charge in [0.25, 0.3) is 5.91 Å². The molecule has 0 radical (unpaired) electrons. The molecule has 4 nitrogen and oxygen atoms in total. The molecule has 2 rings (SSSR count). The van der Waals surface area contributed by atoms with Gasteiger partial charge in [0.2, 0.25) is 0 Å². The van der Waals surface area contributed by atoms with Crippen molar-refractivity contribution in [3.8, 4) is 5.75 Å². The summed E-state index contributed by atoms with van der Waals surface area (Å²) in [6.45, 7) is 5.46. The first-order valence-corrected chi connectivity index (χ1v) is 6.82. The molecule has 1 heterocycles. The molecule has 1 amide bonds. The van der Waals surface area contributed by atoms with Crippen molar-refractivity contribution in [2.24, 2.45) is 0 Å². The Labute approximate surface area is 114 Å². The maximum Gasteiger partial charge on any atom is 0.254 e. The van der Waals surface area contributed by atoms with E-state index in [4.69, 9.17) is 4.74 Å². The molecule has 1 aromatic rings. The van der Waals surface area contributed by atoms with Gasteiger partial charge >= 0.3 is 0 Å². The first-order chi connectivity index (χ1) is 9.08. The predicted octanol–water partition coefficient (Wildman–Crippen LogP) is 2.07. The van der Waals surface area contributed by atoms with E-state index in [0.717, 1.165) is 12.2 Å². The number of aliphatic hydroxyl groups is 1. The lowest BCUT2D eigenvalue weighted by atomic mass is 9.90. The van der Waals surface area contributed by atoms with Crippen LogP contribution in [0.25, 0.3) is 0 Å². The Hall–Kier alpha value is -1.55. The fourth-order valence-electron chi connectivity index (χ4n) is 2.15. The van der Waals surface area contributed by atoms with Gasteiger partial charge in [-0.3, -0.25) is 4.79 Å². The number of rotatable bonds is 5. The third kappa shape index (κ3) is 3.07. The number of carbonyl (C=O) groups is 1. The van der Waals surface area contributed by atoms with E-state index in [2.05, 4.69) is 0 Å². The SMILES string of the molecule is CCCOc1cccc(C(=O)N2CC(O)(CC)C2)c1. The van der Waals surface area contributed by atoms with Crippen LogP contribution in [0, 0.1) is 0 Å². The minimum absolute atomic E-state index is 0.0416. The van der Waals surface area contributed by atoms with E-state index < -0.39 is 5.60 Å². The van der Waals surface area contributed by atoms with Crippen molar-refractivity contribution >= 4 is 5.91 Å². The second kappa shape index (κ2) is 5.61. The molecule has 0 saturated carbocycles. The quantitative estimate of drug-likeness (QED) is 0.884. The summed E-state index contributed by atoms with van der Waals surface area (Å²) >= 11 is 0. The summed E-state index contributed by atoms with van der Waals surface area (Å²) in [5, 5.41) is 9.94. The van der Waals surface area contributed by atoms with Crippen LogP contribution in [0.1, 0.15) is 37.0 Å². The summed E-state index contributed by atoms with van der Waals surface area (Å²) in [7, 11) is 0. The molecule has 1 N–H and O–H groups in total. The summed E-state index contributed by atoms with van der Waals surface area (Å²) < 4.78 is 5.52. The number of ether oxygens (including phenoxy) is 1. The van der Waals surface area contributed by atoms with E-state index in [-0.39, 0.29) is 5.91 Å². The molecule has 4 heteroatoms. The zero-order valence-electron chi connectivity index (χ0n) is 11.6. The van der Waals surface area contributed by atoms with Gasteiger partial charge in [0.1, 0.15) is 5.75 Å². The summed E-state index contributed by atoms with van der Waals surface area (Å²) in [6, 6.07) is 7.22. The number of hydrogen-bond acceptors (Lipinski definition) is 3. The standard InChI is InChI=1S/C15H21NO3/c1-3-8-19-13-7-5-6-12(9-13)14(17)16-10-15(18,4-2)11-16/h5-7,9,18H,3-4,8,10-11H2,1-2H3. The molecule has 0 aromatic heterocycles. The summed E-state index contributed by atoms with van der Waals surface area (Å²) in [4.78, 5) is 13.9. The highest BCUT2D eigenvalue weighted by Crippen LogP contribution is 2.26. The fourth-order valence-corrected chi connectivity index (χ4v) is 2.15. The molecule has 0 aliphatic carbocycles. The smallest absolute Gasteiger partial charge is 0.254 e. The second-order valence-corrected chi connectivity index (χ2v) is 5.12. The van der Waals surface area contributed by atoms with Crippen molar-refractivity contribution in [2.75, 3.05) is 19.7 Å². The van der Waals surface area contributed by atoms with E-state index in [0.29, 0.717) is 31.7 Å². The third-order valence-electron chi connectivity index (χ3n) is 3.47. The average molecular weight is 263 g/mol. The Morgan fingerprint density at radius 3 is 2.79 bits per heavy atom. The number of β-amino-alcohol motifs (C(OH)–C–C–N with tert-alkyl or cyclic N) is 1. The molecule has 0 atom stereocenters. The molecule has 1 fully saturated rings. The van der Waals surface area contributed by atoms with Crippen molar-refractivity contribution < 1.29 is 14.6 Å². The van der Waals surface area contributed by atoms with E-state index in [1.807, 2.05) is 26.0 Å². The molecule has 1 aliphatic rings. The second-order valence-electron chi connectivity index (χ2n) is 5.12. The minimum atomic E-state index is -0.689. The zero-order chi connectivity index (χ0) is 13.9. The zero-order valence-corrected chi connectivity index (χ0v) is 11.6. The van der Waals surface area contributed by atoms with Crippen LogP contribution in [0.4, 0.5) is 0 Å². The number of nitrogens with zero attached hydrogens (tertiary/aromatic N) is 1. The lowest BCUT2D eigenvalue weighted by Crippen LogP contribution is -2.63. The van der Waals surface area contributed by atoms with Crippen molar-refractivity contribution in [1.29, 1.82) is 0 Å². The van der Waals surface area contributed by atoms with Crippen LogP contribution in [-0.4, -0.2) is 41.2 Å². The molecule has 0 bridgehead atoms. The van der Waals surface area contributed by atoms with Gasteiger partial charge in [0, 0.05) is 5.56 Å². The largest absolute Gasteiger partial charge is 0.494 e. The highest BCUT2D eigenvalue weighted by atomic mass is 16.5. The molecular weight excluding hydrogens is 242 g/mol. The average Bonchev–Trinajstić information content (AvgIpc) is 2.41. The van der Waals surface area contributed by atoms with Gasteiger partial charge in [0.15, 0.2) is 0 Å². The van der Waals surface area contributed by atoms with Crippen molar-refractivity contribution in [1.82, 2.24) is 4.90 Å². The van der Waals surface area contributed by atoms with Gasteiger partial charge in [-0.2, -0.15) is 0 Å². The molecule has 19 heavy (non-hydrogen) atoms. The Kier molecular flexibility index (Phi) is 4.10. The van der Waals surface area contributed by atoms with Gasteiger partial charge < -0.3 is 14.7 Å². The van der Waals surface area contributed by atoms with Crippen LogP contribution >= 0.6 is 0 Å². The van der Waals surface area contributed by atoms with Crippen LogP contribution < -0.4 is 4.74 Å². The van der Waals surface area contributed by atoms with E-state index in [1.165, 1.54) is 0 Å². The van der Waals surface area contributed by atoms with Gasteiger partial charge in [-0.05, 0) is 31.0 Å². The molecule has 1 aromatic carbocycles. The lowest BCUT2D eigenvalue weighted by Gasteiger charge is -2.46. The van der Waals surface area contributed by atoms with Crippen LogP contribution in [0.2, 0.25) is 0 Å². The predicted molar refractivity (Wildman–Crippen MR) is 73.4 cm³/mol. The van der Waals surface area contributed by atoms with Crippen molar-refractivity contribution in [2.45, 2.75) is 32.3 Å². The Morgan fingerprint density at radius 1 is 1.42 bits per heavy atom. The maximum absolute atomic E-state index is 12.2. The van der Waals surface area contributed by atoms with E-state index >= 15 is 0 Å². The van der Waals surface area contributed by atoms with Crippen LogP contribution in [0.5, 0.6) is 5.75 Å². The highest BCUT2D eigenvalue weighted by molar-refractivity contribution is 5.95. The Balaban J connectivity index is 2.00. The van der Waals surface area contributed by atoms with Gasteiger partial charge in [0.05, 0.1) is 25.3 Å². The number of hydrogen-bond donors (Lipinski definition) is 1. The highest BCUT2D eigenvalue weighted by Gasteiger charge is 2.42.